The third-order valence-electron chi connectivity index (χ3n) is 7.13. The fraction of sp³-hybridized carbons (Fsp3) is 0.189. The molecule has 3 heteroatoms. The van der Waals surface area contributed by atoms with Crippen molar-refractivity contribution in [2.75, 3.05) is 0 Å². The van der Waals surface area contributed by atoms with E-state index < -0.39 is 0 Å². The first kappa shape index (κ1) is 27.2. The van der Waals surface area contributed by atoms with E-state index in [-0.39, 0.29) is 17.9 Å². The number of benzene rings is 5. The highest BCUT2D eigenvalue weighted by Gasteiger charge is 2.19. The van der Waals surface area contributed by atoms with Gasteiger partial charge in [-0.1, -0.05) is 112 Å². The van der Waals surface area contributed by atoms with Crippen LogP contribution in [0.15, 0.2) is 127 Å². The van der Waals surface area contributed by atoms with Gasteiger partial charge in [-0.3, -0.25) is 0 Å². The first-order chi connectivity index (χ1) is 19.4. The minimum absolute atomic E-state index is 0.0246. The Labute approximate surface area is 237 Å². The number of ether oxygens (including phenoxy) is 2. The molecule has 1 N–H and O–H groups in total. The van der Waals surface area contributed by atoms with Crippen LogP contribution in [0.1, 0.15) is 60.1 Å². The first-order valence-electron chi connectivity index (χ1n) is 13.7. The second-order valence-electron chi connectivity index (χ2n) is 11.1. The minimum Gasteiger partial charge on any atom is -0.489 e. The third-order valence-corrected chi connectivity index (χ3v) is 7.13. The van der Waals surface area contributed by atoms with Crippen LogP contribution >= 0.6 is 0 Å². The number of rotatable bonds is 9. The summed E-state index contributed by atoms with van der Waals surface area (Å²) in [6, 6.07) is 43.5. The highest BCUT2D eigenvalue weighted by Crippen LogP contribution is 2.34. The van der Waals surface area contributed by atoms with Gasteiger partial charge >= 0.3 is 0 Å². The molecule has 202 valence electrons. The summed E-state index contributed by atoms with van der Waals surface area (Å²) in [6.45, 7) is 7.24. The molecule has 0 saturated heterocycles. The molecule has 40 heavy (non-hydrogen) atoms. The molecule has 5 aromatic rings. The maximum atomic E-state index is 9.19. The van der Waals surface area contributed by atoms with Crippen molar-refractivity contribution in [2.45, 2.75) is 45.3 Å². The highest BCUT2D eigenvalue weighted by atomic mass is 16.5. The monoisotopic (exact) mass is 528 g/mol. The highest BCUT2D eigenvalue weighted by molar-refractivity contribution is 5.45. The van der Waals surface area contributed by atoms with E-state index in [0.717, 1.165) is 28.4 Å². The summed E-state index contributed by atoms with van der Waals surface area (Å²) in [5.41, 5.74) is 7.16. The van der Waals surface area contributed by atoms with E-state index in [9.17, 15) is 5.11 Å². The summed E-state index contributed by atoms with van der Waals surface area (Å²) in [7, 11) is 0. The van der Waals surface area contributed by atoms with Gasteiger partial charge in [-0.25, -0.2) is 0 Å². The maximum absolute atomic E-state index is 9.19. The van der Waals surface area contributed by atoms with Gasteiger partial charge in [0.25, 0.3) is 0 Å². The Morgan fingerprint density at radius 1 is 0.550 bits per heavy atom. The molecule has 0 aliphatic rings. The Balaban J connectivity index is 1.26. The number of hydrogen-bond donors (Lipinski definition) is 1. The summed E-state index contributed by atoms with van der Waals surface area (Å²) in [4.78, 5) is 0. The molecule has 0 fully saturated rings. The lowest BCUT2D eigenvalue weighted by atomic mass is 9.82. The first-order valence-corrected chi connectivity index (χ1v) is 13.7. The number of aliphatic hydroxyl groups excluding tert-OH is 1. The molecule has 0 amide bonds. The van der Waals surface area contributed by atoms with E-state index in [4.69, 9.17) is 9.47 Å². The van der Waals surface area contributed by atoms with E-state index in [1.807, 2.05) is 48.5 Å². The fourth-order valence-corrected chi connectivity index (χ4v) is 4.77. The Morgan fingerprint density at radius 2 is 1.02 bits per heavy atom. The Morgan fingerprint density at radius 3 is 1.55 bits per heavy atom. The van der Waals surface area contributed by atoms with E-state index >= 15 is 0 Å². The fourth-order valence-electron chi connectivity index (χ4n) is 4.77. The van der Waals surface area contributed by atoms with E-state index in [0.29, 0.717) is 6.61 Å². The smallest absolute Gasteiger partial charge is 0.127 e. The lowest BCUT2D eigenvalue weighted by Gasteiger charge is -2.22. The summed E-state index contributed by atoms with van der Waals surface area (Å²) >= 11 is 0. The zero-order chi connectivity index (χ0) is 28.0. The molecule has 1 atom stereocenters. The van der Waals surface area contributed by atoms with Gasteiger partial charge in [0.2, 0.25) is 0 Å². The number of hydrogen-bond acceptors (Lipinski definition) is 3. The van der Waals surface area contributed by atoms with Gasteiger partial charge in [-0.15, -0.1) is 0 Å². The van der Waals surface area contributed by atoms with E-state index in [2.05, 4.69) is 99.6 Å². The van der Waals surface area contributed by atoms with Crippen molar-refractivity contribution in [3.8, 4) is 17.2 Å². The molecule has 0 heterocycles. The molecule has 5 aromatic carbocycles. The van der Waals surface area contributed by atoms with Crippen molar-refractivity contribution in [3.63, 3.8) is 0 Å². The molecule has 0 bridgehead atoms. The van der Waals surface area contributed by atoms with Crippen molar-refractivity contribution in [1.82, 2.24) is 0 Å². The molecule has 0 saturated carbocycles. The SMILES string of the molecule is CC(C)(C)c1ccc(C(c2ccccc2)c2ccc(OCc3ccc(Oc4ccc(CO)cc4)cc3)cc2)cc1. The lowest BCUT2D eigenvalue weighted by Crippen LogP contribution is -2.11. The molecule has 0 aliphatic carbocycles. The van der Waals surface area contributed by atoms with Crippen LogP contribution in [0.2, 0.25) is 0 Å². The Kier molecular flexibility index (Phi) is 8.33. The van der Waals surface area contributed by atoms with Crippen LogP contribution in [0, 0.1) is 0 Å². The topological polar surface area (TPSA) is 38.7 Å². The van der Waals surface area contributed by atoms with Gasteiger partial charge in [-0.2, -0.15) is 0 Å². The van der Waals surface area contributed by atoms with Crippen molar-refractivity contribution in [1.29, 1.82) is 0 Å². The second-order valence-corrected chi connectivity index (χ2v) is 11.1. The van der Waals surface area contributed by atoms with E-state index in [1.165, 1.54) is 22.3 Å². The Bertz CT molecular complexity index is 1480. The van der Waals surface area contributed by atoms with Crippen LogP contribution in [-0.2, 0) is 18.6 Å². The van der Waals surface area contributed by atoms with Crippen molar-refractivity contribution >= 4 is 0 Å². The molecule has 3 nitrogen and oxygen atoms in total. The average Bonchev–Trinajstić information content (AvgIpc) is 2.98. The van der Waals surface area contributed by atoms with Crippen LogP contribution in [0.25, 0.3) is 0 Å². The largest absolute Gasteiger partial charge is 0.489 e. The predicted molar refractivity (Wildman–Crippen MR) is 162 cm³/mol. The van der Waals surface area contributed by atoms with Crippen LogP contribution < -0.4 is 9.47 Å². The van der Waals surface area contributed by atoms with Gasteiger partial charge in [0.1, 0.15) is 23.9 Å². The van der Waals surface area contributed by atoms with Crippen LogP contribution in [0.5, 0.6) is 17.2 Å². The van der Waals surface area contributed by atoms with Crippen LogP contribution in [0.4, 0.5) is 0 Å². The second kappa shape index (κ2) is 12.2. The van der Waals surface area contributed by atoms with Gasteiger partial charge in [0, 0.05) is 5.92 Å². The molecule has 0 radical (unpaired) electrons. The zero-order valence-corrected chi connectivity index (χ0v) is 23.4. The van der Waals surface area contributed by atoms with Crippen LogP contribution in [0.3, 0.4) is 0 Å². The minimum atomic E-state index is 0.0246. The van der Waals surface area contributed by atoms with Gasteiger partial charge < -0.3 is 14.6 Å². The quantitative estimate of drug-likeness (QED) is 0.194. The number of aliphatic hydroxyl groups is 1. The summed E-state index contributed by atoms with van der Waals surface area (Å²) in [5, 5.41) is 9.19. The molecule has 5 rings (SSSR count). The molecule has 1 unspecified atom stereocenters. The average molecular weight is 529 g/mol. The maximum Gasteiger partial charge on any atom is 0.127 e. The normalized spacial score (nSPS) is 12.1. The summed E-state index contributed by atoms with van der Waals surface area (Å²) < 4.78 is 12.0. The van der Waals surface area contributed by atoms with Crippen LogP contribution in [-0.4, -0.2) is 5.11 Å². The summed E-state index contributed by atoms with van der Waals surface area (Å²) in [6.07, 6.45) is 0. The lowest BCUT2D eigenvalue weighted by molar-refractivity contribution is 0.281. The van der Waals surface area contributed by atoms with Gasteiger partial charge in [0.05, 0.1) is 6.61 Å². The third kappa shape index (κ3) is 6.80. The van der Waals surface area contributed by atoms with E-state index in [1.54, 1.807) is 0 Å². The van der Waals surface area contributed by atoms with Crippen molar-refractivity contribution < 1.29 is 14.6 Å². The molecule has 0 spiro atoms. The Hall–Kier alpha value is -4.34. The van der Waals surface area contributed by atoms with Gasteiger partial charge in [0.15, 0.2) is 0 Å². The van der Waals surface area contributed by atoms with Crippen molar-refractivity contribution in [3.05, 3.63) is 161 Å². The zero-order valence-electron chi connectivity index (χ0n) is 23.4. The predicted octanol–water partition coefficient (Wildman–Crippen LogP) is 9.03. The molecule has 0 aliphatic heterocycles. The van der Waals surface area contributed by atoms with Crippen molar-refractivity contribution in [2.24, 2.45) is 0 Å². The molecule has 0 aromatic heterocycles. The standard InChI is InChI=1S/C37H36O3/c1-37(2,3)32-17-13-30(14-18-32)36(29-7-5-4-6-8-29)31-15-23-33(24-16-31)39-26-28-11-21-35(22-12-28)40-34-19-9-27(25-38)10-20-34/h4-24,36,38H,25-26H2,1-3H3. The molecular weight excluding hydrogens is 492 g/mol. The van der Waals surface area contributed by atoms with Gasteiger partial charge in [-0.05, 0) is 75.2 Å². The molecular formula is C37H36O3. The summed E-state index contributed by atoms with van der Waals surface area (Å²) in [5.74, 6) is 2.48.